The second-order valence-electron chi connectivity index (χ2n) is 6.33. The van der Waals surface area contributed by atoms with Gasteiger partial charge in [-0.2, -0.15) is 0 Å². The van der Waals surface area contributed by atoms with E-state index in [1.807, 2.05) is 30.3 Å². The Kier molecular flexibility index (Phi) is 4.97. The minimum atomic E-state index is -0.441. The van der Waals surface area contributed by atoms with Crippen LogP contribution in [0.4, 0.5) is 0 Å². The maximum Gasteiger partial charge on any atom is 0.260 e. The van der Waals surface area contributed by atoms with Gasteiger partial charge in [-0.05, 0) is 31.0 Å². The van der Waals surface area contributed by atoms with Gasteiger partial charge in [-0.3, -0.25) is 14.4 Å². The Labute approximate surface area is 145 Å². The van der Waals surface area contributed by atoms with Crippen LogP contribution < -0.4 is 10.9 Å². The van der Waals surface area contributed by atoms with Crippen molar-refractivity contribution in [2.75, 3.05) is 13.1 Å². The van der Waals surface area contributed by atoms with Gasteiger partial charge in [0.1, 0.15) is 5.56 Å². The summed E-state index contributed by atoms with van der Waals surface area (Å²) in [4.78, 5) is 40.6. The summed E-state index contributed by atoms with van der Waals surface area (Å²) >= 11 is 0. The Morgan fingerprint density at radius 2 is 1.96 bits per heavy atom. The summed E-state index contributed by atoms with van der Waals surface area (Å²) in [6.45, 7) is 2.85. The molecule has 0 bridgehead atoms. The Bertz CT molecular complexity index is 829. The van der Waals surface area contributed by atoms with Gasteiger partial charge in [-0.25, -0.2) is 0 Å². The van der Waals surface area contributed by atoms with Crippen molar-refractivity contribution in [2.45, 2.75) is 25.8 Å². The number of hydrogen-bond donors (Lipinski definition) is 2. The van der Waals surface area contributed by atoms with E-state index in [2.05, 4.69) is 10.3 Å². The van der Waals surface area contributed by atoms with Gasteiger partial charge in [-0.15, -0.1) is 0 Å². The van der Waals surface area contributed by atoms with E-state index in [1.165, 1.54) is 11.6 Å². The molecule has 1 atom stereocenters. The van der Waals surface area contributed by atoms with Crippen molar-refractivity contribution in [3.05, 3.63) is 69.6 Å². The summed E-state index contributed by atoms with van der Waals surface area (Å²) < 4.78 is 0. The van der Waals surface area contributed by atoms with Crippen molar-refractivity contribution >= 4 is 11.8 Å². The van der Waals surface area contributed by atoms with Crippen LogP contribution in [0.1, 0.15) is 28.0 Å². The first-order valence-corrected chi connectivity index (χ1v) is 8.35. The van der Waals surface area contributed by atoms with Crippen LogP contribution >= 0.6 is 0 Å². The van der Waals surface area contributed by atoms with E-state index in [0.717, 1.165) is 6.42 Å². The zero-order valence-corrected chi connectivity index (χ0v) is 14.1. The molecule has 2 heterocycles. The summed E-state index contributed by atoms with van der Waals surface area (Å²) in [5.74, 6) is -0.414. The van der Waals surface area contributed by atoms with E-state index in [4.69, 9.17) is 0 Å². The minimum Gasteiger partial charge on any atom is -0.347 e. The second-order valence-corrected chi connectivity index (χ2v) is 6.33. The lowest BCUT2D eigenvalue weighted by molar-refractivity contribution is -0.127. The summed E-state index contributed by atoms with van der Waals surface area (Å²) in [6.07, 6.45) is 1.05. The predicted octanol–water partition coefficient (Wildman–Crippen LogP) is 1.26. The fourth-order valence-electron chi connectivity index (χ4n) is 3.01. The Balaban J connectivity index is 1.57. The van der Waals surface area contributed by atoms with E-state index in [-0.39, 0.29) is 23.9 Å². The topological polar surface area (TPSA) is 82.3 Å². The summed E-state index contributed by atoms with van der Waals surface area (Å²) in [5.41, 5.74) is 1.53. The normalized spacial score (nSPS) is 16.9. The quantitative estimate of drug-likeness (QED) is 0.860. The number of aromatic amines is 1. The number of rotatable bonds is 5. The lowest BCUT2D eigenvalue weighted by Gasteiger charge is -2.17. The fourth-order valence-corrected chi connectivity index (χ4v) is 3.01. The molecule has 0 unspecified atom stereocenters. The van der Waals surface area contributed by atoms with Crippen molar-refractivity contribution in [1.29, 1.82) is 0 Å². The van der Waals surface area contributed by atoms with E-state index in [1.54, 1.807) is 17.9 Å². The Morgan fingerprint density at radius 3 is 2.68 bits per heavy atom. The number of benzene rings is 1. The number of pyridine rings is 1. The van der Waals surface area contributed by atoms with E-state index >= 15 is 0 Å². The first kappa shape index (κ1) is 17.0. The highest BCUT2D eigenvalue weighted by Crippen LogP contribution is 2.13. The molecule has 0 saturated carbocycles. The van der Waals surface area contributed by atoms with Crippen molar-refractivity contribution in [3.8, 4) is 0 Å². The number of likely N-dealkylation sites (tertiary alicyclic amines) is 1. The molecule has 25 heavy (non-hydrogen) atoms. The molecule has 2 amide bonds. The average molecular weight is 339 g/mol. The average Bonchev–Trinajstić information content (AvgIpc) is 2.93. The van der Waals surface area contributed by atoms with Crippen LogP contribution in [0.25, 0.3) is 0 Å². The van der Waals surface area contributed by atoms with Crippen LogP contribution in [0.15, 0.2) is 47.3 Å². The largest absolute Gasteiger partial charge is 0.347 e. The molecule has 0 spiro atoms. The van der Waals surface area contributed by atoms with Crippen LogP contribution in [0.3, 0.4) is 0 Å². The third-order valence-corrected chi connectivity index (χ3v) is 4.36. The number of carbonyl (C=O) groups excluding carboxylic acids is 2. The van der Waals surface area contributed by atoms with Crippen LogP contribution in [-0.2, 0) is 11.2 Å². The maximum absolute atomic E-state index is 12.3. The molecule has 1 aliphatic rings. The van der Waals surface area contributed by atoms with Crippen molar-refractivity contribution in [3.63, 3.8) is 0 Å². The number of amides is 2. The molecule has 1 aromatic carbocycles. The highest BCUT2D eigenvalue weighted by molar-refractivity contribution is 5.94. The number of aromatic nitrogens is 1. The molecule has 6 nitrogen and oxygen atoms in total. The summed E-state index contributed by atoms with van der Waals surface area (Å²) in [5, 5.41) is 2.79. The standard InChI is InChI=1S/C19H21N3O3/c1-13-7-8-16(18(24)20-13)19(25)21-15-11-17(23)22(12-15)10-9-14-5-3-2-4-6-14/h2-8,15H,9-12H2,1H3,(H,20,24)(H,21,25)/t15-/m0/s1. The number of H-pyrrole nitrogens is 1. The van der Waals surface area contributed by atoms with Gasteiger partial charge in [0.2, 0.25) is 5.91 Å². The van der Waals surface area contributed by atoms with Crippen molar-refractivity contribution in [2.24, 2.45) is 0 Å². The van der Waals surface area contributed by atoms with Gasteiger partial charge in [0.25, 0.3) is 11.5 Å². The van der Waals surface area contributed by atoms with E-state index < -0.39 is 11.5 Å². The van der Waals surface area contributed by atoms with Crippen molar-refractivity contribution < 1.29 is 9.59 Å². The highest BCUT2D eigenvalue weighted by Gasteiger charge is 2.30. The van der Waals surface area contributed by atoms with Gasteiger partial charge in [-0.1, -0.05) is 30.3 Å². The van der Waals surface area contributed by atoms with E-state index in [0.29, 0.717) is 18.8 Å². The molecular weight excluding hydrogens is 318 g/mol. The Morgan fingerprint density at radius 1 is 1.20 bits per heavy atom. The third-order valence-electron chi connectivity index (χ3n) is 4.36. The lowest BCUT2D eigenvalue weighted by atomic mass is 10.1. The summed E-state index contributed by atoms with van der Waals surface area (Å²) in [6, 6.07) is 12.9. The summed E-state index contributed by atoms with van der Waals surface area (Å²) in [7, 11) is 0. The van der Waals surface area contributed by atoms with E-state index in [9.17, 15) is 14.4 Å². The molecule has 130 valence electrons. The van der Waals surface area contributed by atoms with Crippen LogP contribution in [0, 0.1) is 6.92 Å². The molecule has 1 aliphatic heterocycles. The number of hydrogen-bond acceptors (Lipinski definition) is 3. The molecule has 1 aromatic heterocycles. The zero-order chi connectivity index (χ0) is 17.8. The molecule has 1 fully saturated rings. The first-order valence-electron chi connectivity index (χ1n) is 8.35. The maximum atomic E-state index is 12.3. The molecule has 3 rings (SSSR count). The van der Waals surface area contributed by atoms with Crippen LogP contribution in [0.2, 0.25) is 0 Å². The highest BCUT2D eigenvalue weighted by atomic mass is 16.2. The molecule has 0 radical (unpaired) electrons. The lowest BCUT2D eigenvalue weighted by Crippen LogP contribution is -2.39. The monoisotopic (exact) mass is 339 g/mol. The molecule has 0 aliphatic carbocycles. The number of nitrogens with zero attached hydrogens (tertiary/aromatic N) is 1. The number of aryl methyl sites for hydroxylation is 1. The van der Waals surface area contributed by atoms with Gasteiger partial charge in [0, 0.05) is 25.2 Å². The molecule has 2 N–H and O–H groups in total. The van der Waals surface area contributed by atoms with Crippen LogP contribution in [0.5, 0.6) is 0 Å². The van der Waals surface area contributed by atoms with Crippen molar-refractivity contribution in [1.82, 2.24) is 15.2 Å². The number of nitrogens with one attached hydrogen (secondary N) is 2. The SMILES string of the molecule is Cc1ccc(C(=O)N[C@H]2CC(=O)N(CCc3ccccc3)C2)c(=O)[nH]1. The Hall–Kier alpha value is -2.89. The minimum absolute atomic E-state index is 0.0269. The van der Waals surface area contributed by atoms with Crippen LogP contribution in [-0.4, -0.2) is 40.8 Å². The molecule has 1 saturated heterocycles. The molecule has 2 aromatic rings. The smallest absolute Gasteiger partial charge is 0.260 e. The molecule has 6 heteroatoms. The first-order chi connectivity index (χ1) is 12.0. The van der Waals surface area contributed by atoms with Gasteiger partial charge >= 0.3 is 0 Å². The predicted molar refractivity (Wildman–Crippen MR) is 94.4 cm³/mol. The zero-order valence-electron chi connectivity index (χ0n) is 14.1. The van der Waals surface area contributed by atoms with Gasteiger partial charge < -0.3 is 15.2 Å². The number of carbonyl (C=O) groups is 2. The third kappa shape index (κ3) is 4.15. The fraction of sp³-hybridized carbons (Fsp3) is 0.316. The molecular formula is C19H21N3O3. The van der Waals surface area contributed by atoms with Gasteiger partial charge in [0.15, 0.2) is 0 Å². The second kappa shape index (κ2) is 7.34. The van der Waals surface area contributed by atoms with Gasteiger partial charge in [0.05, 0.1) is 6.04 Å².